The van der Waals surface area contributed by atoms with Crippen molar-refractivity contribution in [3.05, 3.63) is 18.6 Å². The number of rotatable bonds is 4. The number of hydrogen-bond donors (Lipinski definition) is 2. The van der Waals surface area contributed by atoms with Crippen molar-refractivity contribution >= 4 is 11.7 Å². The van der Waals surface area contributed by atoms with Gasteiger partial charge in [-0.2, -0.15) is 0 Å². The zero-order valence-corrected chi connectivity index (χ0v) is 8.97. The molecular weight excluding hydrogens is 192 g/mol. The molecule has 1 heterocycles. The van der Waals surface area contributed by atoms with Crippen LogP contribution in [0.1, 0.15) is 20.3 Å². The topological polar surface area (TPSA) is 80.9 Å². The first kappa shape index (κ1) is 11.6. The summed E-state index contributed by atoms with van der Waals surface area (Å²) in [5, 5.41) is 2.61. The van der Waals surface area contributed by atoms with E-state index in [2.05, 4.69) is 15.3 Å². The molecular formula is C10H16N4O. The monoisotopic (exact) mass is 208 g/mol. The molecule has 1 atom stereocenters. The summed E-state index contributed by atoms with van der Waals surface area (Å²) >= 11 is 0. The first-order valence-electron chi connectivity index (χ1n) is 4.92. The highest BCUT2D eigenvalue weighted by atomic mass is 16.2. The molecule has 5 nitrogen and oxygen atoms in total. The van der Waals surface area contributed by atoms with Crippen LogP contribution in [-0.2, 0) is 4.79 Å². The van der Waals surface area contributed by atoms with Crippen LogP contribution < -0.4 is 11.1 Å². The van der Waals surface area contributed by atoms with Gasteiger partial charge in [-0.05, 0) is 12.3 Å². The molecule has 0 aromatic carbocycles. The van der Waals surface area contributed by atoms with E-state index in [0.717, 1.165) is 0 Å². The van der Waals surface area contributed by atoms with Crippen molar-refractivity contribution in [2.24, 2.45) is 11.7 Å². The van der Waals surface area contributed by atoms with E-state index in [1.54, 1.807) is 6.20 Å². The van der Waals surface area contributed by atoms with E-state index in [9.17, 15) is 4.79 Å². The van der Waals surface area contributed by atoms with Gasteiger partial charge in [-0.3, -0.25) is 9.78 Å². The highest BCUT2D eigenvalue weighted by Crippen LogP contribution is 2.05. The molecule has 3 N–H and O–H groups in total. The van der Waals surface area contributed by atoms with Crippen molar-refractivity contribution in [2.45, 2.75) is 26.3 Å². The second-order valence-electron chi connectivity index (χ2n) is 3.82. The Morgan fingerprint density at radius 3 is 2.80 bits per heavy atom. The average molecular weight is 208 g/mol. The van der Waals surface area contributed by atoms with Gasteiger partial charge >= 0.3 is 0 Å². The van der Waals surface area contributed by atoms with E-state index in [1.807, 2.05) is 13.8 Å². The summed E-state index contributed by atoms with van der Waals surface area (Å²) < 4.78 is 0. The maximum absolute atomic E-state index is 11.5. The van der Waals surface area contributed by atoms with Crippen LogP contribution in [-0.4, -0.2) is 21.9 Å². The number of nitrogens with one attached hydrogen (secondary N) is 1. The zero-order chi connectivity index (χ0) is 11.3. The number of anilines is 1. The Morgan fingerprint density at radius 1 is 1.53 bits per heavy atom. The Hall–Kier alpha value is -1.49. The Balaban J connectivity index is 2.49. The van der Waals surface area contributed by atoms with Crippen LogP contribution in [0.4, 0.5) is 5.82 Å². The molecule has 0 aliphatic rings. The smallest absolute Gasteiger partial charge is 0.242 e. The molecule has 0 saturated heterocycles. The number of aromatic nitrogens is 2. The fourth-order valence-corrected chi connectivity index (χ4v) is 1.20. The number of nitrogens with two attached hydrogens (primary N) is 1. The van der Waals surface area contributed by atoms with E-state index in [0.29, 0.717) is 18.2 Å². The van der Waals surface area contributed by atoms with Gasteiger partial charge in [-0.25, -0.2) is 4.98 Å². The molecule has 0 saturated carbocycles. The Bertz CT molecular complexity index is 312. The van der Waals surface area contributed by atoms with Crippen LogP contribution >= 0.6 is 0 Å². The molecule has 0 aliphatic heterocycles. The van der Waals surface area contributed by atoms with Crippen molar-refractivity contribution in [1.29, 1.82) is 0 Å². The van der Waals surface area contributed by atoms with E-state index in [4.69, 9.17) is 5.73 Å². The second-order valence-corrected chi connectivity index (χ2v) is 3.82. The Morgan fingerprint density at radius 2 is 2.27 bits per heavy atom. The van der Waals surface area contributed by atoms with Crippen molar-refractivity contribution in [3.63, 3.8) is 0 Å². The van der Waals surface area contributed by atoms with Gasteiger partial charge in [0, 0.05) is 12.4 Å². The summed E-state index contributed by atoms with van der Waals surface area (Å²) in [4.78, 5) is 19.3. The minimum Gasteiger partial charge on any atom is -0.320 e. The Labute approximate surface area is 89.1 Å². The number of amides is 1. The van der Waals surface area contributed by atoms with Crippen LogP contribution in [0, 0.1) is 5.92 Å². The highest BCUT2D eigenvalue weighted by Gasteiger charge is 2.15. The van der Waals surface area contributed by atoms with Crippen molar-refractivity contribution in [2.75, 3.05) is 5.32 Å². The van der Waals surface area contributed by atoms with Crippen molar-refractivity contribution < 1.29 is 4.79 Å². The summed E-state index contributed by atoms with van der Waals surface area (Å²) in [5.41, 5.74) is 5.71. The third kappa shape index (κ3) is 4.03. The lowest BCUT2D eigenvalue weighted by molar-refractivity contribution is -0.117. The lowest BCUT2D eigenvalue weighted by atomic mass is 10.0. The quantitative estimate of drug-likeness (QED) is 0.766. The largest absolute Gasteiger partial charge is 0.320 e. The van der Waals surface area contributed by atoms with E-state index in [-0.39, 0.29) is 5.91 Å². The van der Waals surface area contributed by atoms with Crippen LogP contribution in [0.2, 0.25) is 0 Å². The van der Waals surface area contributed by atoms with Gasteiger partial charge in [0.05, 0.1) is 12.2 Å². The molecule has 0 spiro atoms. The fraction of sp³-hybridized carbons (Fsp3) is 0.500. The van der Waals surface area contributed by atoms with Crippen LogP contribution in [0.25, 0.3) is 0 Å². The van der Waals surface area contributed by atoms with Crippen LogP contribution in [0.5, 0.6) is 0 Å². The maximum Gasteiger partial charge on any atom is 0.242 e. The first-order chi connectivity index (χ1) is 7.09. The first-order valence-corrected chi connectivity index (χ1v) is 4.92. The maximum atomic E-state index is 11.5. The standard InChI is InChI=1S/C10H16N4O/c1-7(2)5-8(11)10(15)14-9-6-12-3-4-13-9/h3-4,6-8H,5,11H2,1-2H3,(H,13,14,15)/t8-/m0/s1. The molecule has 0 radical (unpaired) electrons. The molecule has 5 heteroatoms. The molecule has 0 unspecified atom stereocenters. The number of hydrogen-bond acceptors (Lipinski definition) is 4. The summed E-state index contributed by atoms with van der Waals surface area (Å²) in [5.74, 6) is 0.610. The molecule has 0 bridgehead atoms. The summed E-state index contributed by atoms with van der Waals surface area (Å²) in [6.07, 6.45) is 5.21. The fourth-order valence-electron chi connectivity index (χ4n) is 1.20. The molecule has 15 heavy (non-hydrogen) atoms. The average Bonchev–Trinajstić information content (AvgIpc) is 2.18. The SMILES string of the molecule is CC(C)C[C@H](N)C(=O)Nc1cnccn1. The molecule has 1 aromatic rings. The van der Waals surface area contributed by atoms with Gasteiger partial charge in [-0.1, -0.05) is 13.8 Å². The minimum absolute atomic E-state index is 0.218. The van der Waals surface area contributed by atoms with Gasteiger partial charge in [0.2, 0.25) is 5.91 Å². The Kier molecular flexibility index (Phi) is 4.17. The van der Waals surface area contributed by atoms with E-state index in [1.165, 1.54) is 12.4 Å². The molecule has 0 fully saturated rings. The molecule has 82 valence electrons. The minimum atomic E-state index is -0.494. The number of carbonyl (C=O) groups excluding carboxylic acids is 1. The van der Waals surface area contributed by atoms with Gasteiger partial charge < -0.3 is 11.1 Å². The lowest BCUT2D eigenvalue weighted by Gasteiger charge is -2.13. The van der Waals surface area contributed by atoms with Gasteiger partial charge in [0.25, 0.3) is 0 Å². The third-order valence-electron chi connectivity index (χ3n) is 1.88. The van der Waals surface area contributed by atoms with Crippen LogP contribution in [0.3, 0.4) is 0 Å². The normalized spacial score (nSPS) is 12.5. The van der Waals surface area contributed by atoms with Crippen molar-refractivity contribution in [1.82, 2.24) is 9.97 Å². The molecule has 0 aliphatic carbocycles. The van der Waals surface area contributed by atoms with Crippen molar-refractivity contribution in [3.8, 4) is 0 Å². The molecule has 1 amide bonds. The number of nitrogens with zero attached hydrogens (tertiary/aromatic N) is 2. The number of carbonyl (C=O) groups is 1. The van der Waals surface area contributed by atoms with E-state index >= 15 is 0 Å². The third-order valence-corrected chi connectivity index (χ3v) is 1.88. The zero-order valence-electron chi connectivity index (χ0n) is 8.97. The van der Waals surface area contributed by atoms with Gasteiger partial charge in [0.1, 0.15) is 0 Å². The van der Waals surface area contributed by atoms with Gasteiger partial charge in [0.15, 0.2) is 5.82 Å². The highest BCUT2D eigenvalue weighted by molar-refractivity contribution is 5.93. The predicted molar refractivity (Wildman–Crippen MR) is 58.1 cm³/mol. The second kappa shape index (κ2) is 5.41. The lowest BCUT2D eigenvalue weighted by Crippen LogP contribution is -2.36. The van der Waals surface area contributed by atoms with E-state index < -0.39 is 6.04 Å². The molecule has 1 rings (SSSR count). The summed E-state index contributed by atoms with van der Waals surface area (Å²) in [7, 11) is 0. The summed E-state index contributed by atoms with van der Waals surface area (Å²) in [6.45, 7) is 4.05. The predicted octanol–water partition coefficient (Wildman–Crippen LogP) is 0.788. The summed E-state index contributed by atoms with van der Waals surface area (Å²) in [6, 6.07) is -0.494. The molecule has 1 aromatic heterocycles. The van der Waals surface area contributed by atoms with Crippen LogP contribution in [0.15, 0.2) is 18.6 Å². The van der Waals surface area contributed by atoms with Gasteiger partial charge in [-0.15, -0.1) is 0 Å².